The molecule has 4 heteroatoms. The average molecular weight is 258 g/mol. The number of aliphatic hydroxyl groups excluding tert-OH is 1. The highest BCUT2D eigenvalue weighted by molar-refractivity contribution is 8.00. The molecule has 2 rings (SSSR count). The van der Waals surface area contributed by atoms with Gasteiger partial charge in [-0.3, -0.25) is 0 Å². The van der Waals surface area contributed by atoms with Gasteiger partial charge in [0.25, 0.3) is 0 Å². The molecule has 0 aliphatic carbocycles. The summed E-state index contributed by atoms with van der Waals surface area (Å²) in [4.78, 5) is 1.20. The van der Waals surface area contributed by atoms with Crippen LogP contribution >= 0.6 is 23.4 Å². The van der Waals surface area contributed by atoms with Gasteiger partial charge in [-0.2, -0.15) is 0 Å². The van der Waals surface area contributed by atoms with Gasteiger partial charge in [0.1, 0.15) is 0 Å². The van der Waals surface area contributed by atoms with Crippen molar-refractivity contribution in [3.63, 3.8) is 0 Å². The predicted molar refractivity (Wildman–Crippen MR) is 70.6 cm³/mol. The molecule has 2 nitrogen and oxygen atoms in total. The van der Waals surface area contributed by atoms with Gasteiger partial charge in [-0.05, 0) is 38.0 Å². The van der Waals surface area contributed by atoms with Crippen molar-refractivity contribution in [1.82, 2.24) is 0 Å². The van der Waals surface area contributed by atoms with Gasteiger partial charge in [0.2, 0.25) is 0 Å². The smallest absolute Gasteiger partial charge is 0.0670 e. The molecule has 0 aromatic heterocycles. The van der Waals surface area contributed by atoms with Crippen LogP contribution in [0.5, 0.6) is 0 Å². The maximum Gasteiger partial charge on any atom is 0.0670 e. The van der Waals surface area contributed by atoms with E-state index in [0.29, 0.717) is 11.3 Å². The van der Waals surface area contributed by atoms with E-state index in [0.717, 1.165) is 17.1 Å². The zero-order valence-corrected chi connectivity index (χ0v) is 11.0. The molecule has 0 bridgehead atoms. The Kier molecular flexibility index (Phi) is 3.67. The highest BCUT2D eigenvalue weighted by Gasteiger charge is 2.26. The molecular formula is C12H16ClNOS. The normalized spacial score (nSPS) is 23.8. The number of benzene rings is 1. The number of anilines is 1. The molecule has 1 aliphatic heterocycles. The second-order valence-electron chi connectivity index (χ2n) is 4.22. The summed E-state index contributed by atoms with van der Waals surface area (Å²) in [6.45, 7) is 4.41. The maximum atomic E-state index is 9.03. The second-order valence-corrected chi connectivity index (χ2v) is 5.91. The van der Waals surface area contributed by atoms with E-state index in [1.807, 2.05) is 24.8 Å². The fraction of sp³-hybridized carbons (Fsp3) is 0.500. The number of hydrogen-bond donors (Lipinski definition) is 2. The third-order valence-electron chi connectivity index (χ3n) is 2.82. The average Bonchev–Trinajstić information content (AvgIpc) is 2.21. The highest BCUT2D eigenvalue weighted by atomic mass is 35.5. The van der Waals surface area contributed by atoms with Crippen LogP contribution in [0.15, 0.2) is 17.0 Å². The summed E-state index contributed by atoms with van der Waals surface area (Å²) in [6, 6.07) is 4.46. The summed E-state index contributed by atoms with van der Waals surface area (Å²) in [5.74, 6) is 0. The van der Waals surface area contributed by atoms with Crippen molar-refractivity contribution in [3.05, 3.63) is 22.7 Å². The number of aryl methyl sites for hydroxylation is 1. The van der Waals surface area contributed by atoms with Crippen molar-refractivity contribution in [2.24, 2.45) is 0 Å². The summed E-state index contributed by atoms with van der Waals surface area (Å²) in [7, 11) is 0. The van der Waals surface area contributed by atoms with E-state index >= 15 is 0 Å². The van der Waals surface area contributed by atoms with Gasteiger partial charge in [-0.15, -0.1) is 11.8 Å². The molecule has 0 saturated heterocycles. The molecule has 0 amide bonds. The topological polar surface area (TPSA) is 32.3 Å². The Hall–Kier alpha value is -0.380. The molecule has 0 fully saturated rings. The third kappa shape index (κ3) is 2.31. The molecule has 0 spiro atoms. The van der Waals surface area contributed by atoms with Gasteiger partial charge in [0.15, 0.2) is 0 Å². The first-order chi connectivity index (χ1) is 7.61. The lowest BCUT2D eigenvalue weighted by Gasteiger charge is -2.32. The fourth-order valence-electron chi connectivity index (χ4n) is 1.97. The first kappa shape index (κ1) is 12.1. The van der Waals surface area contributed by atoms with Gasteiger partial charge in [-0.25, -0.2) is 0 Å². The van der Waals surface area contributed by atoms with E-state index in [1.165, 1.54) is 10.5 Å². The van der Waals surface area contributed by atoms with Crippen LogP contribution in [-0.4, -0.2) is 23.0 Å². The SMILES string of the molecule is Cc1cc(Cl)c2c(c1)SC(CCO)C(C)N2. The van der Waals surface area contributed by atoms with Crippen LogP contribution in [0.4, 0.5) is 5.69 Å². The molecule has 0 saturated carbocycles. The van der Waals surface area contributed by atoms with Crippen molar-refractivity contribution < 1.29 is 5.11 Å². The number of thioether (sulfide) groups is 1. The summed E-state index contributed by atoms with van der Waals surface area (Å²) in [6.07, 6.45) is 0.809. The lowest BCUT2D eigenvalue weighted by atomic mass is 10.1. The van der Waals surface area contributed by atoms with Crippen molar-refractivity contribution in [2.75, 3.05) is 11.9 Å². The molecule has 2 N–H and O–H groups in total. The Labute approximate surface area is 105 Å². The van der Waals surface area contributed by atoms with Crippen LogP contribution in [0.1, 0.15) is 18.9 Å². The molecule has 1 heterocycles. The monoisotopic (exact) mass is 257 g/mol. The minimum atomic E-state index is 0.235. The zero-order valence-electron chi connectivity index (χ0n) is 9.46. The number of nitrogens with one attached hydrogen (secondary N) is 1. The molecular weight excluding hydrogens is 242 g/mol. The first-order valence-electron chi connectivity index (χ1n) is 5.46. The van der Waals surface area contributed by atoms with E-state index < -0.39 is 0 Å². The van der Waals surface area contributed by atoms with Crippen molar-refractivity contribution >= 4 is 29.1 Å². The Morgan fingerprint density at radius 3 is 2.94 bits per heavy atom. The molecule has 2 atom stereocenters. The van der Waals surface area contributed by atoms with Crippen LogP contribution < -0.4 is 5.32 Å². The number of rotatable bonds is 2. The van der Waals surface area contributed by atoms with Gasteiger partial charge in [0.05, 0.1) is 10.7 Å². The van der Waals surface area contributed by atoms with Crippen LogP contribution in [-0.2, 0) is 0 Å². The second kappa shape index (κ2) is 4.86. The van der Waals surface area contributed by atoms with E-state index in [9.17, 15) is 0 Å². The lowest BCUT2D eigenvalue weighted by molar-refractivity contribution is 0.284. The maximum absolute atomic E-state index is 9.03. The molecule has 0 radical (unpaired) electrons. The van der Waals surface area contributed by atoms with Crippen molar-refractivity contribution in [2.45, 2.75) is 36.5 Å². The number of aliphatic hydroxyl groups is 1. The van der Waals surface area contributed by atoms with Gasteiger partial charge in [-0.1, -0.05) is 11.6 Å². The Morgan fingerprint density at radius 1 is 1.50 bits per heavy atom. The molecule has 1 aromatic rings. The van der Waals surface area contributed by atoms with Crippen LogP contribution in [0.25, 0.3) is 0 Å². The summed E-state index contributed by atoms with van der Waals surface area (Å²) < 4.78 is 0. The fourth-order valence-corrected chi connectivity index (χ4v) is 3.71. The standard InChI is InChI=1S/C12H16ClNOS/c1-7-5-9(13)12-11(6-7)16-10(3-4-15)8(2)14-12/h5-6,8,10,14-15H,3-4H2,1-2H3. The van der Waals surface area contributed by atoms with Gasteiger partial charge in [0, 0.05) is 22.8 Å². The van der Waals surface area contributed by atoms with Gasteiger partial charge >= 0.3 is 0 Å². The number of halogens is 1. The van der Waals surface area contributed by atoms with Gasteiger partial charge < -0.3 is 10.4 Å². The van der Waals surface area contributed by atoms with Crippen LogP contribution in [0, 0.1) is 6.92 Å². The van der Waals surface area contributed by atoms with Crippen LogP contribution in [0.3, 0.4) is 0 Å². The molecule has 2 unspecified atom stereocenters. The molecule has 1 aliphatic rings. The Balaban J connectivity index is 2.31. The van der Waals surface area contributed by atoms with E-state index in [1.54, 1.807) is 0 Å². The van der Waals surface area contributed by atoms with Crippen molar-refractivity contribution in [1.29, 1.82) is 0 Å². The van der Waals surface area contributed by atoms with Crippen molar-refractivity contribution in [3.8, 4) is 0 Å². The molecule has 88 valence electrons. The quantitative estimate of drug-likeness (QED) is 0.853. The molecule has 16 heavy (non-hydrogen) atoms. The third-order valence-corrected chi connectivity index (χ3v) is 4.64. The summed E-state index contributed by atoms with van der Waals surface area (Å²) >= 11 is 8.02. The predicted octanol–water partition coefficient (Wildman–Crippen LogP) is 3.31. The Morgan fingerprint density at radius 2 is 2.25 bits per heavy atom. The summed E-state index contributed by atoms with van der Waals surface area (Å²) in [5, 5.41) is 13.7. The van der Waals surface area contributed by atoms with E-state index in [4.69, 9.17) is 16.7 Å². The lowest BCUT2D eigenvalue weighted by Crippen LogP contribution is -2.32. The minimum absolute atomic E-state index is 0.235. The highest BCUT2D eigenvalue weighted by Crippen LogP contribution is 2.43. The first-order valence-corrected chi connectivity index (χ1v) is 6.71. The zero-order chi connectivity index (χ0) is 11.7. The van der Waals surface area contributed by atoms with Crippen LogP contribution in [0.2, 0.25) is 5.02 Å². The van der Waals surface area contributed by atoms with E-state index in [-0.39, 0.29) is 6.61 Å². The minimum Gasteiger partial charge on any atom is -0.396 e. The molecule has 1 aromatic carbocycles. The largest absolute Gasteiger partial charge is 0.396 e. The summed E-state index contributed by atoms with van der Waals surface area (Å²) in [5.41, 5.74) is 2.22. The number of fused-ring (bicyclic) bond motifs is 1. The van der Waals surface area contributed by atoms with E-state index in [2.05, 4.69) is 18.3 Å². The number of hydrogen-bond acceptors (Lipinski definition) is 3. The Bertz CT molecular complexity index is 397.